The van der Waals surface area contributed by atoms with Gasteiger partial charge in [0.15, 0.2) is 0 Å². The summed E-state index contributed by atoms with van der Waals surface area (Å²) in [4.78, 5) is 0. The van der Waals surface area contributed by atoms with Crippen LogP contribution < -0.4 is 5.73 Å². The minimum atomic E-state index is 0.449. The van der Waals surface area contributed by atoms with Crippen LogP contribution in [0.5, 0.6) is 0 Å². The summed E-state index contributed by atoms with van der Waals surface area (Å²) in [6.45, 7) is 4.82. The van der Waals surface area contributed by atoms with E-state index in [2.05, 4.69) is 32.0 Å². The molecule has 0 spiro atoms. The van der Waals surface area contributed by atoms with Crippen molar-refractivity contribution >= 4 is 0 Å². The fourth-order valence-electron chi connectivity index (χ4n) is 1.45. The molecule has 1 aromatic rings. The zero-order chi connectivity index (χ0) is 10.6. The summed E-state index contributed by atoms with van der Waals surface area (Å²) < 4.78 is 0. The van der Waals surface area contributed by atoms with Gasteiger partial charge >= 0.3 is 0 Å². The van der Waals surface area contributed by atoms with E-state index in [0.717, 1.165) is 11.1 Å². The number of hydrogen-bond donors (Lipinski definition) is 1. The number of nitrogens with zero attached hydrogens (tertiary/aromatic N) is 1. The monoisotopic (exact) mass is 188 g/mol. The molecular weight excluding hydrogens is 172 g/mol. The van der Waals surface area contributed by atoms with Gasteiger partial charge in [0.1, 0.15) is 0 Å². The molecular formula is C12H16N2. The van der Waals surface area contributed by atoms with Crippen molar-refractivity contribution in [2.24, 2.45) is 5.73 Å². The summed E-state index contributed by atoms with van der Waals surface area (Å²) in [5.41, 5.74) is 9.08. The molecule has 2 heteroatoms. The number of nitriles is 1. The lowest BCUT2D eigenvalue weighted by molar-refractivity contribution is 0.858. The van der Waals surface area contributed by atoms with E-state index in [9.17, 15) is 0 Å². The number of hydrogen-bond acceptors (Lipinski definition) is 2. The van der Waals surface area contributed by atoms with Crippen molar-refractivity contribution in [1.82, 2.24) is 0 Å². The molecule has 0 bridgehead atoms. The van der Waals surface area contributed by atoms with Crippen LogP contribution in [0, 0.1) is 11.3 Å². The predicted octanol–water partition coefficient (Wildman–Crippen LogP) is 2.33. The van der Waals surface area contributed by atoms with Gasteiger partial charge in [-0.05, 0) is 22.6 Å². The van der Waals surface area contributed by atoms with Crippen LogP contribution in [-0.2, 0) is 13.0 Å². The highest BCUT2D eigenvalue weighted by Crippen LogP contribution is 2.18. The summed E-state index contributed by atoms with van der Waals surface area (Å²) in [6.07, 6.45) is 0.449. The Hall–Kier alpha value is -1.33. The molecule has 0 aromatic heterocycles. The lowest BCUT2D eigenvalue weighted by Crippen LogP contribution is -2.03. The van der Waals surface area contributed by atoms with Gasteiger partial charge in [0.25, 0.3) is 0 Å². The van der Waals surface area contributed by atoms with Crippen LogP contribution in [0.2, 0.25) is 0 Å². The molecule has 0 radical (unpaired) electrons. The van der Waals surface area contributed by atoms with Gasteiger partial charge in [0.05, 0.1) is 12.5 Å². The molecule has 0 saturated carbocycles. The standard InChI is InChI=1S/C12H16N2/c1-9(2)11-4-3-10(5-6-13)12(7-11)8-14/h3-4,7,9H,5,8,14H2,1-2H3. The highest BCUT2D eigenvalue weighted by Gasteiger charge is 2.04. The van der Waals surface area contributed by atoms with E-state index < -0.39 is 0 Å². The Bertz CT molecular complexity index is 348. The van der Waals surface area contributed by atoms with Gasteiger partial charge in [-0.2, -0.15) is 5.26 Å². The van der Waals surface area contributed by atoms with Gasteiger partial charge in [0.2, 0.25) is 0 Å². The molecule has 14 heavy (non-hydrogen) atoms. The smallest absolute Gasteiger partial charge is 0.0669 e. The first-order valence-electron chi connectivity index (χ1n) is 4.87. The third kappa shape index (κ3) is 2.34. The molecule has 0 aliphatic rings. The van der Waals surface area contributed by atoms with Crippen molar-refractivity contribution < 1.29 is 0 Å². The largest absolute Gasteiger partial charge is 0.326 e. The molecule has 0 unspecified atom stereocenters. The first-order valence-corrected chi connectivity index (χ1v) is 4.87. The van der Waals surface area contributed by atoms with Gasteiger partial charge in [0, 0.05) is 6.54 Å². The fourth-order valence-corrected chi connectivity index (χ4v) is 1.45. The summed E-state index contributed by atoms with van der Waals surface area (Å²) in [6, 6.07) is 8.35. The molecule has 1 rings (SSSR count). The predicted molar refractivity (Wildman–Crippen MR) is 57.7 cm³/mol. The van der Waals surface area contributed by atoms with E-state index in [0.29, 0.717) is 18.9 Å². The first kappa shape index (κ1) is 10.7. The van der Waals surface area contributed by atoms with E-state index in [1.165, 1.54) is 5.56 Å². The third-order valence-electron chi connectivity index (χ3n) is 2.39. The van der Waals surface area contributed by atoms with E-state index in [4.69, 9.17) is 11.0 Å². The van der Waals surface area contributed by atoms with Crippen LogP contribution in [0.15, 0.2) is 18.2 Å². The molecule has 0 saturated heterocycles. The third-order valence-corrected chi connectivity index (χ3v) is 2.39. The zero-order valence-corrected chi connectivity index (χ0v) is 8.75. The number of nitrogens with two attached hydrogens (primary N) is 1. The normalized spacial score (nSPS) is 10.2. The molecule has 0 fully saturated rings. The average molecular weight is 188 g/mol. The lowest BCUT2D eigenvalue weighted by Gasteiger charge is -2.10. The summed E-state index contributed by atoms with van der Waals surface area (Å²) in [7, 11) is 0. The summed E-state index contributed by atoms with van der Waals surface area (Å²) in [5, 5.41) is 8.63. The van der Waals surface area contributed by atoms with Gasteiger partial charge in [-0.25, -0.2) is 0 Å². The first-order chi connectivity index (χ1) is 6.69. The average Bonchev–Trinajstić information content (AvgIpc) is 2.18. The Labute approximate surface area is 85.4 Å². The van der Waals surface area contributed by atoms with Gasteiger partial charge in [-0.1, -0.05) is 32.0 Å². The van der Waals surface area contributed by atoms with E-state index in [1.54, 1.807) is 0 Å². The minimum absolute atomic E-state index is 0.449. The number of benzene rings is 1. The zero-order valence-electron chi connectivity index (χ0n) is 8.75. The van der Waals surface area contributed by atoms with Crippen LogP contribution in [-0.4, -0.2) is 0 Å². The van der Waals surface area contributed by atoms with Gasteiger partial charge in [-0.3, -0.25) is 0 Å². The van der Waals surface area contributed by atoms with Crippen molar-refractivity contribution in [2.45, 2.75) is 32.7 Å². The second-order valence-electron chi connectivity index (χ2n) is 3.72. The highest BCUT2D eigenvalue weighted by atomic mass is 14.5. The molecule has 0 amide bonds. The van der Waals surface area contributed by atoms with Crippen molar-refractivity contribution in [2.75, 3.05) is 0 Å². The SMILES string of the molecule is CC(C)c1ccc(CC#N)c(CN)c1. The Morgan fingerprint density at radius 2 is 2.07 bits per heavy atom. The molecule has 0 atom stereocenters. The second-order valence-corrected chi connectivity index (χ2v) is 3.72. The molecule has 0 aliphatic heterocycles. The lowest BCUT2D eigenvalue weighted by atomic mass is 9.96. The molecule has 2 N–H and O–H groups in total. The Kier molecular flexibility index (Phi) is 3.67. The molecule has 0 aliphatic carbocycles. The Morgan fingerprint density at radius 1 is 1.36 bits per heavy atom. The van der Waals surface area contributed by atoms with Crippen LogP contribution in [0.25, 0.3) is 0 Å². The maximum atomic E-state index is 8.63. The second kappa shape index (κ2) is 4.78. The molecule has 0 heterocycles. The van der Waals surface area contributed by atoms with E-state index in [1.807, 2.05) is 6.07 Å². The van der Waals surface area contributed by atoms with Crippen molar-refractivity contribution in [3.8, 4) is 6.07 Å². The maximum Gasteiger partial charge on any atom is 0.0669 e. The fraction of sp³-hybridized carbons (Fsp3) is 0.417. The van der Waals surface area contributed by atoms with Gasteiger partial charge in [-0.15, -0.1) is 0 Å². The molecule has 1 aromatic carbocycles. The Morgan fingerprint density at radius 3 is 2.57 bits per heavy atom. The van der Waals surface area contributed by atoms with Crippen LogP contribution >= 0.6 is 0 Å². The summed E-state index contributed by atoms with van der Waals surface area (Å²) >= 11 is 0. The molecule has 74 valence electrons. The van der Waals surface area contributed by atoms with Crippen LogP contribution in [0.3, 0.4) is 0 Å². The minimum Gasteiger partial charge on any atom is -0.326 e. The maximum absolute atomic E-state index is 8.63. The topological polar surface area (TPSA) is 49.8 Å². The van der Waals surface area contributed by atoms with E-state index in [-0.39, 0.29) is 0 Å². The van der Waals surface area contributed by atoms with Crippen LogP contribution in [0.1, 0.15) is 36.5 Å². The Balaban J connectivity index is 3.06. The highest BCUT2D eigenvalue weighted by molar-refractivity contribution is 5.34. The summed E-state index contributed by atoms with van der Waals surface area (Å²) in [5.74, 6) is 0.511. The van der Waals surface area contributed by atoms with Crippen LogP contribution in [0.4, 0.5) is 0 Å². The van der Waals surface area contributed by atoms with Crippen molar-refractivity contribution in [3.63, 3.8) is 0 Å². The molecule has 2 nitrogen and oxygen atoms in total. The van der Waals surface area contributed by atoms with E-state index >= 15 is 0 Å². The quantitative estimate of drug-likeness (QED) is 0.791. The van der Waals surface area contributed by atoms with Crippen molar-refractivity contribution in [3.05, 3.63) is 34.9 Å². The van der Waals surface area contributed by atoms with Gasteiger partial charge < -0.3 is 5.73 Å². The van der Waals surface area contributed by atoms with Crippen molar-refractivity contribution in [1.29, 1.82) is 5.26 Å². The number of rotatable bonds is 3.